The Kier molecular flexibility index (Phi) is 6.44. The summed E-state index contributed by atoms with van der Waals surface area (Å²) in [6.07, 6.45) is 1.04. The Labute approximate surface area is 109 Å². The van der Waals surface area contributed by atoms with Crippen LogP contribution >= 0.6 is 0 Å². The van der Waals surface area contributed by atoms with Crippen LogP contribution in [-0.2, 0) is 20.7 Å². The lowest BCUT2D eigenvalue weighted by atomic mass is 10.1. The minimum atomic E-state index is -0.517. The average Bonchev–Trinajstić information content (AvgIpc) is 2.42. The molecular weight excluding hydrogens is 228 g/mol. The first-order chi connectivity index (χ1) is 8.67. The normalized spacial score (nSPS) is 13.9. The summed E-state index contributed by atoms with van der Waals surface area (Å²) in [5.41, 5.74) is 1.07. The van der Waals surface area contributed by atoms with Crippen LogP contribution in [0.1, 0.15) is 25.8 Å². The molecule has 0 aliphatic heterocycles. The number of methoxy groups -OCH3 is 1. The van der Waals surface area contributed by atoms with E-state index in [4.69, 9.17) is 9.47 Å². The van der Waals surface area contributed by atoms with E-state index < -0.39 is 6.10 Å². The summed E-state index contributed by atoms with van der Waals surface area (Å²) in [7, 11) is 1.54. The zero-order valence-electron chi connectivity index (χ0n) is 11.4. The van der Waals surface area contributed by atoms with Gasteiger partial charge in [0.05, 0.1) is 6.61 Å². The third kappa shape index (κ3) is 4.88. The van der Waals surface area contributed by atoms with E-state index in [-0.39, 0.29) is 5.97 Å². The van der Waals surface area contributed by atoms with E-state index in [2.05, 4.69) is 13.8 Å². The van der Waals surface area contributed by atoms with Crippen LogP contribution in [0.4, 0.5) is 0 Å². The Morgan fingerprint density at radius 1 is 1.28 bits per heavy atom. The molecule has 2 unspecified atom stereocenters. The summed E-state index contributed by atoms with van der Waals surface area (Å²) in [4.78, 5) is 11.9. The van der Waals surface area contributed by atoms with E-state index in [1.165, 1.54) is 7.11 Å². The van der Waals surface area contributed by atoms with Gasteiger partial charge in [-0.2, -0.15) is 0 Å². The maximum Gasteiger partial charge on any atom is 0.335 e. The van der Waals surface area contributed by atoms with Gasteiger partial charge < -0.3 is 9.47 Å². The van der Waals surface area contributed by atoms with E-state index in [0.717, 1.165) is 12.0 Å². The Bertz CT molecular complexity index is 348. The summed E-state index contributed by atoms with van der Waals surface area (Å²) < 4.78 is 10.5. The molecule has 0 fully saturated rings. The van der Waals surface area contributed by atoms with Crippen LogP contribution in [0.3, 0.4) is 0 Å². The van der Waals surface area contributed by atoms with E-state index >= 15 is 0 Å². The Hall–Kier alpha value is -1.35. The van der Waals surface area contributed by atoms with E-state index in [1.807, 2.05) is 30.3 Å². The van der Waals surface area contributed by atoms with Gasteiger partial charge >= 0.3 is 5.97 Å². The highest BCUT2D eigenvalue weighted by atomic mass is 16.6. The molecule has 100 valence electrons. The molecule has 3 heteroatoms. The van der Waals surface area contributed by atoms with Crippen LogP contribution in [0, 0.1) is 5.92 Å². The fourth-order valence-electron chi connectivity index (χ4n) is 1.53. The molecule has 0 N–H and O–H groups in total. The molecule has 1 aromatic carbocycles. The topological polar surface area (TPSA) is 35.5 Å². The molecule has 0 saturated heterocycles. The second-order valence-electron chi connectivity index (χ2n) is 4.56. The molecule has 0 saturated carbocycles. The van der Waals surface area contributed by atoms with Gasteiger partial charge in [0.15, 0.2) is 6.10 Å². The van der Waals surface area contributed by atoms with Crippen LogP contribution in [0.5, 0.6) is 0 Å². The monoisotopic (exact) mass is 250 g/mol. The summed E-state index contributed by atoms with van der Waals surface area (Å²) in [6, 6.07) is 9.81. The van der Waals surface area contributed by atoms with Gasteiger partial charge in [-0.25, -0.2) is 4.79 Å². The fraction of sp³-hybridized carbons (Fsp3) is 0.533. The van der Waals surface area contributed by atoms with Gasteiger partial charge in [0.25, 0.3) is 0 Å². The molecule has 0 spiro atoms. The number of rotatable bonds is 7. The minimum Gasteiger partial charge on any atom is -0.463 e. The van der Waals surface area contributed by atoms with Crippen molar-refractivity contribution >= 4 is 5.97 Å². The molecule has 0 heterocycles. The molecule has 2 atom stereocenters. The molecule has 0 radical (unpaired) electrons. The predicted molar refractivity (Wildman–Crippen MR) is 71.4 cm³/mol. The molecule has 0 aliphatic rings. The first-order valence-electron chi connectivity index (χ1n) is 6.40. The van der Waals surface area contributed by atoms with Crippen molar-refractivity contribution < 1.29 is 14.3 Å². The largest absolute Gasteiger partial charge is 0.463 e. The van der Waals surface area contributed by atoms with Gasteiger partial charge in [-0.05, 0) is 11.5 Å². The summed E-state index contributed by atoms with van der Waals surface area (Å²) in [6.45, 7) is 4.60. The first-order valence-corrected chi connectivity index (χ1v) is 6.40. The molecule has 1 aromatic rings. The van der Waals surface area contributed by atoms with Crippen molar-refractivity contribution in [3.8, 4) is 0 Å². The number of hydrogen-bond acceptors (Lipinski definition) is 3. The molecular formula is C15H22O3. The lowest BCUT2D eigenvalue weighted by Crippen LogP contribution is -2.29. The highest BCUT2D eigenvalue weighted by molar-refractivity contribution is 5.75. The Balaban J connectivity index is 2.48. The first kappa shape index (κ1) is 14.7. The lowest BCUT2D eigenvalue weighted by Gasteiger charge is -2.16. The molecule has 0 bridgehead atoms. The third-order valence-corrected chi connectivity index (χ3v) is 3.02. The van der Waals surface area contributed by atoms with Gasteiger partial charge in [0.1, 0.15) is 0 Å². The average molecular weight is 250 g/mol. The maximum atomic E-state index is 11.9. The zero-order valence-corrected chi connectivity index (χ0v) is 11.4. The molecule has 1 rings (SSSR count). The number of hydrogen-bond donors (Lipinski definition) is 0. The maximum absolute atomic E-state index is 11.9. The van der Waals surface area contributed by atoms with Crippen LogP contribution in [0.15, 0.2) is 30.3 Å². The Morgan fingerprint density at radius 2 is 1.94 bits per heavy atom. The van der Waals surface area contributed by atoms with Crippen LogP contribution < -0.4 is 0 Å². The number of carbonyl (C=O) groups is 1. The van der Waals surface area contributed by atoms with Crippen LogP contribution in [-0.4, -0.2) is 25.8 Å². The molecule has 3 nitrogen and oxygen atoms in total. The highest BCUT2D eigenvalue weighted by Gasteiger charge is 2.20. The van der Waals surface area contributed by atoms with Gasteiger partial charge in [-0.1, -0.05) is 50.6 Å². The van der Waals surface area contributed by atoms with Gasteiger partial charge in [-0.15, -0.1) is 0 Å². The zero-order chi connectivity index (χ0) is 13.4. The van der Waals surface area contributed by atoms with Crippen molar-refractivity contribution in [3.63, 3.8) is 0 Å². The van der Waals surface area contributed by atoms with Gasteiger partial charge in [0, 0.05) is 13.5 Å². The number of carbonyl (C=O) groups excluding carboxylic acids is 1. The predicted octanol–water partition coefficient (Wildman–Crippen LogP) is 2.83. The third-order valence-electron chi connectivity index (χ3n) is 3.02. The van der Waals surface area contributed by atoms with Crippen molar-refractivity contribution in [2.75, 3.05) is 13.7 Å². The lowest BCUT2D eigenvalue weighted by molar-refractivity contribution is -0.156. The van der Waals surface area contributed by atoms with Crippen molar-refractivity contribution in [1.82, 2.24) is 0 Å². The molecule has 0 aliphatic carbocycles. The van der Waals surface area contributed by atoms with E-state index in [9.17, 15) is 4.79 Å². The van der Waals surface area contributed by atoms with Crippen molar-refractivity contribution in [1.29, 1.82) is 0 Å². The van der Waals surface area contributed by atoms with Crippen molar-refractivity contribution in [3.05, 3.63) is 35.9 Å². The number of esters is 1. The summed E-state index contributed by atoms with van der Waals surface area (Å²) in [5.74, 6) is 0.116. The smallest absolute Gasteiger partial charge is 0.335 e. The second kappa shape index (κ2) is 7.88. The number of benzene rings is 1. The SMILES string of the molecule is CCC(C)COC(=O)C(Cc1ccccc1)OC. The minimum absolute atomic E-state index is 0.276. The van der Waals surface area contributed by atoms with Gasteiger partial charge in [-0.3, -0.25) is 0 Å². The fourth-order valence-corrected chi connectivity index (χ4v) is 1.53. The van der Waals surface area contributed by atoms with Crippen LogP contribution in [0.2, 0.25) is 0 Å². The Morgan fingerprint density at radius 3 is 2.50 bits per heavy atom. The standard InChI is InChI=1S/C15H22O3/c1-4-12(2)11-18-15(16)14(17-3)10-13-8-6-5-7-9-13/h5-9,12,14H,4,10-11H2,1-3H3. The number of ether oxygens (including phenoxy) is 2. The highest BCUT2D eigenvalue weighted by Crippen LogP contribution is 2.08. The van der Waals surface area contributed by atoms with Crippen molar-refractivity contribution in [2.24, 2.45) is 5.92 Å². The van der Waals surface area contributed by atoms with E-state index in [1.54, 1.807) is 0 Å². The van der Waals surface area contributed by atoms with Gasteiger partial charge in [0.2, 0.25) is 0 Å². The molecule has 0 amide bonds. The summed E-state index contributed by atoms with van der Waals surface area (Å²) >= 11 is 0. The van der Waals surface area contributed by atoms with Crippen molar-refractivity contribution in [2.45, 2.75) is 32.8 Å². The molecule has 18 heavy (non-hydrogen) atoms. The van der Waals surface area contributed by atoms with E-state index in [0.29, 0.717) is 18.9 Å². The van der Waals surface area contributed by atoms with Crippen LogP contribution in [0.25, 0.3) is 0 Å². The quantitative estimate of drug-likeness (QED) is 0.698. The summed E-state index contributed by atoms with van der Waals surface area (Å²) in [5, 5.41) is 0. The molecule has 0 aromatic heterocycles. The second-order valence-corrected chi connectivity index (χ2v) is 4.56.